The molecule has 22 heavy (non-hydrogen) atoms. The van der Waals surface area contributed by atoms with Gasteiger partial charge < -0.3 is 5.32 Å². The monoisotopic (exact) mass is 300 g/mol. The van der Waals surface area contributed by atoms with Gasteiger partial charge in [-0.15, -0.1) is 0 Å². The van der Waals surface area contributed by atoms with Gasteiger partial charge in [-0.3, -0.25) is 14.2 Å². The van der Waals surface area contributed by atoms with Crippen LogP contribution in [0.2, 0.25) is 0 Å². The molecule has 5 heteroatoms. The molecule has 1 N–H and O–H groups in total. The van der Waals surface area contributed by atoms with Gasteiger partial charge in [-0.1, -0.05) is 18.9 Å². The molecule has 0 atom stereocenters. The second-order valence-corrected chi connectivity index (χ2v) is 5.54. The van der Waals surface area contributed by atoms with Gasteiger partial charge in [-0.2, -0.15) is 0 Å². The van der Waals surface area contributed by atoms with E-state index in [9.17, 15) is 14.0 Å². The van der Waals surface area contributed by atoms with E-state index in [4.69, 9.17) is 0 Å². The van der Waals surface area contributed by atoms with Gasteiger partial charge in [0.15, 0.2) is 0 Å². The SMILES string of the molecule is O=C(Nc1ccc(-n2ccccc2=O)cc1F)C1CCCC1. The summed E-state index contributed by atoms with van der Waals surface area (Å²) in [5.74, 6) is -0.684. The molecule has 0 saturated heterocycles. The molecule has 1 heterocycles. The van der Waals surface area contributed by atoms with Gasteiger partial charge in [0.2, 0.25) is 5.91 Å². The van der Waals surface area contributed by atoms with Crippen molar-refractivity contribution in [3.05, 3.63) is 58.8 Å². The highest BCUT2D eigenvalue weighted by molar-refractivity contribution is 5.92. The van der Waals surface area contributed by atoms with Crippen LogP contribution in [0.4, 0.5) is 10.1 Å². The van der Waals surface area contributed by atoms with Crippen LogP contribution in [0.3, 0.4) is 0 Å². The van der Waals surface area contributed by atoms with Gasteiger partial charge in [0.05, 0.1) is 11.4 Å². The second kappa shape index (κ2) is 6.13. The smallest absolute Gasteiger partial charge is 0.255 e. The lowest BCUT2D eigenvalue weighted by Crippen LogP contribution is -2.21. The molecule has 1 aromatic heterocycles. The van der Waals surface area contributed by atoms with Crippen LogP contribution in [0.1, 0.15) is 25.7 Å². The zero-order valence-corrected chi connectivity index (χ0v) is 12.1. The lowest BCUT2D eigenvalue weighted by molar-refractivity contribution is -0.119. The number of hydrogen-bond donors (Lipinski definition) is 1. The number of carbonyl (C=O) groups is 1. The van der Waals surface area contributed by atoms with Gasteiger partial charge in [-0.05, 0) is 31.0 Å². The van der Waals surface area contributed by atoms with Crippen molar-refractivity contribution >= 4 is 11.6 Å². The summed E-state index contributed by atoms with van der Waals surface area (Å²) in [6.45, 7) is 0. The number of aromatic nitrogens is 1. The molecule has 0 radical (unpaired) electrons. The summed E-state index contributed by atoms with van der Waals surface area (Å²) in [4.78, 5) is 23.8. The molecule has 1 saturated carbocycles. The first kappa shape index (κ1) is 14.5. The van der Waals surface area contributed by atoms with E-state index in [2.05, 4.69) is 5.32 Å². The first-order valence-corrected chi connectivity index (χ1v) is 7.43. The quantitative estimate of drug-likeness (QED) is 0.947. The van der Waals surface area contributed by atoms with Crippen molar-refractivity contribution in [3.63, 3.8) is 0 Å². The van der Waals surface area contributed by atoms with E-state index in [-0.39, 0.29) is 23.1 Å². The van der Waals surface area contributed by atoms with Crippen LogP contribution in [-0.2, 0) is 4.79 Å². The van der Waals surface area contributed by atoms with E-state index in [1.165, 1.54) is 22.8 Å². The van der Waals surface area contributed by atoms with E-state index < -0.39 is 5.82 Å². The van der Waals surface area contributed by atoms with E-state index in [0.29, 0.717) is 5.69 Å². The van der Waals surface area contributed by atoms with E-state index in [1.54, 1.807) is 24.4 Å². The lowest BCUT2D eigenvalue weighted by atomic mass is 10.1. The highest BCUT2D eigenvalue weighted by Gasteiger charge is 2.23. The minimum Gasteiger partial charge on any atom is -0.323 e. The molecule has 1 fully saturated rings. The highest BCUT2D eigenvalue weighted by atomic mass is 19.1. The molecule has 0 aliphatic heterocycles. The fourth-order valence-corrected chi connectivity index (χ4v) is 2.82. The summed E-state index contributed by atoms with van der Waals surface area (Å²) in [5, 5.41) is 2.64. The van der Waals surface area contributed by atoms with Crippen molar-refractivity contribution in [2.24, 2.45) is 5.92 Å². The maximum Gasteiger partial charge on any atom is 0.255 e. The zero-order chi connectivity index (χ0) is 15.5. The van der Waals surface area contributed by atoms with Crippen molar-refractivity contribution in [1.29, 1.82) is 0 Å². The summed E-state index contributed by atoms with van der Waals surface area (Å²) in [7, 11) is 0. The Hall–Kier alpha value is -2.43. The van der Waals surface area contributed by atoms with E-state index in [1.807, 2.05) is 0 Å². The van der Waals surface area contributed by atoms with Crippen LogP contribution in [-0.4, -0.2) is 10.5 Å². The topological polar surface area (TPSA) is 51.1 Å². The fourth-order valence-electron chi connectivity index (χ4n) is 2.82. The Morgan fingerprint density at radius 1 is 1.18 bits per heavy atom. The molecule has 3 rings (SSSR count). The Morgan fingerprint density at radius 3 is 2.64 bits per heavy atom. The van der Waals surface area contributed by atoms with Gasteiger partial charge in [0.1, 0.15) is 5.82 Å². The number of halogens is 1. The number of nitrogens with one attached hydrogen (secondary N) is 1. The number of rotatable bonds is 3. The molecule has 1 aromatic carbocycles. The lowest BCUT2D eigenvalue weighted by Gasteiger charge is -2.12. The molecule has 0 unspecified atom stereocenters. The number of carbonyl (C=O) groups excluding carboxylic acids is 1. The van der Waals surface area contributed by atoms with Crippen molar-refractivity contribution in [2.75, 3.05) is 5.32 Å². The summed E-state index contributed by atoms with van der Waals surface area (Å²) in [6.07, 6.45) is 5.41. The van der Waals surface area contributed by atoms with Crippen molar-refractivity contribution in [3.8, 4) is 5.69 Å². The molecule has 1 aliphatic carbocycles. The highest BCUT2D eigenvalue weighted by Crippen LogP contribution is 2.27. The number of amides is 1. The summed E-state index contributed by atoms with van der Waals surface area (Å²) >= 11 is 0. The summed E-state index contributed by atoms with van der Waals surface area (Å²) < 4.78 is 15.5. The van der Waals surface area contributed by atoms with Gasteiger partial charge in [-0.25, -0.2) is 4.39 Å². The van der Waals surface area contributed by atoms with Crippen molar-refractivity contribution < 1.29 is 9.18 Å². The van der Waals surface area contributed by atoms with Gasteiger partial charge in [0.25, 0.3) is 5.56 Å². The van der Waals surface area contributed by atoms with Crippen LogP contribution >= 0.6 is 0 Å². The van der Waals surface area contributed by atoms with Gasteiger partial charge in [0, 0.05) is 24.2 Å². The number of nitrogens with zero attached hydrogens (tertiary/aromatic N) is 1. The summed E-state index contributed by atoms with van der Waals surface area (Å²) in [6, 6.07) is 9.12. The summed E-state index contributed by atoms with van der Waals surface area (Å²) in [5.41, 5.74) is 0.358. The average molecular weight is 300 g/mol. The maximum absolute atomic E-state index is 14.2. The molecular formula is C17H17FN2O2. The van der Waals surface area contributed by atoms with Crippen LogP contribution in [0.25, 0.3) is 5.69 Å². The minimum absolute atomic E-state index is 0.0178. The van der Waals surface area contributed by atoms with Crippen LogP contribution in [0.15, 0.2) is 47.4 Å². The normalized spacial score (nSPS) is 15.0. The average Bonchev–Trinajstić information content (AvgIpc) is 3.04. The van der Waals surface area contributed by atoms with E-state index >= 15 is 0 Å². The molecule has 1 amide bonds. The first-order chi connectivity index (χ1) is 10.6. The standard InChI is InChI=1S/C17H17FN2O2/c18-14-11-13(20-10-4-3-7-16(20)21)8-9-15(14)19-17(22)12-5-1-2-6-12/h3-4,7-12H,1-2,5-6H2,(H,19,22). The number of anilines is 1. The molecule has 114 valence electrons. The number of pyridine rings is 1. The predicted molar refractivity (Wildman–Crippen MR) is 82.6 cm³/mol. The Labute approximate surface area is 127 Å². The molecule has 4 nitrogen and oxygen atoms in total. The molecular weight excluding hydrogens is 283 g/mol. The first-order valence-electron chi connectivity index (χ1n) is 7.43. The molecule has 0 bridgehead atoms. The van der Waals surface area contributed by atoms with E-state index in [0.717, 1.165) is 25.7 Å². The minimum atomic E-state index is -0.542. The molecule has 2 aromatic rings. The van der Waals surface area contributed by atoms with Crippen molar-refractivity contribution in [2.45, 2.75) is 25.7 Å². The predicted octanol–water partition coefficient (Wildman–Crippen LogP) is 3.11. The van der Waals surface area contributed by atoms with Crippen molar-refractivity contribution in [1.82, 2.24) is 4.57 Å². The third-order valence-corrected chi connectivity index (χ3v) is 4.04. The largest absolute Gasteiger partial charge is 0.323 e. The van der Waals surface area contributed by atoms with Crippen LogP contribution in [0, 0.1) is 11.7 Å². The third kappa shape index (κ3) is 2.93. The zero-order valence-electron chi connectivity index (χ0n) is 12.1. The maximum atomic E-state index is 14.2. The Balaban J connectivity index is 1.82. The van der Waals surface area contributed by atoms with Crippen LogP contribution < -0.4 is 10.9 Å². The Kier molecular flexibility index (Phi) is 4.04. The molecule has 0 spiro atoms. The second-order valence-electron chi connectivity index (χ2n) is 5.54. The fraction of sp³-hybridized carbons (Fsp3) is 0.294. The third-order valence-electron chi connectivity index (χ3n) is 4.04. The molecule has 1 aliphatic rings. The Morgan fingerprint density at radius 2 is 1.95 bits per heavy atom. The number of hydrogen-bond acceptors (Lipinski definition) is 2. The van der Waals surface area contributed by atoms with Crippen LogP contribution in [0.5, 0.6) is 0 Å². The number of benzene rings is 1. The Bertz CT molecular complexity index is 748. The van der Waals surface area contributed by atoms with Gasteiger partial charge >= 0.3 is 0 Å².